The summed E-state index contributed by atoms with van der Waals surface area (Å²) in [5.41, 5.74) is -1.24. The largest absolute Gasteiger partial charge is 0.481 e. The lowest BCUT2D eigenvalue weighted by atomic mass is 10.1. The fourth-order valence-corrected chi connectivity index (χ4v) is 1.32. The Morgan fingerprint density at radius 1 is 1.33 bits per heavy atom. The van der Waals surface area contributed by atoms with Gasteiger partial charge in [-0.1, -0.05) is 0 Å². The first-order valence-corrected chi connectivity index (χ1v) is 5.13. The maximum absolute atomic E-state index is 12.9. The number of hydrogen-bond donors (Lipinski definition) is 2. The Morgan fingerprint density at radius 2 is 2.00 bits per heavy atom. The molecule has 18 heavy (non-hydrogen) atoms. The molecule has 0 fully saturated rings. The van der Waals surface area contributed by atoms with Crippen molar-refractivity contribution in [3.8, 4) is 0 Å². The van der Waals surface area contributed by atoms with Crippen molar-refractivity contribution < 1.29 is 27.5 Å². The summed E-state index contributed by atoms with van der Waals surface area (Å²) in [7, 11) is 0. The van der Waals surface area contributed by atoms with Gasteiger partial charge in [-0.25, -0.2) is 4.39 Å². The van der Waals surface area contributed by atoms with E-state index < -0.39 is 23.5 Å². The second-order valence-electron chi connectivity index (χ2n) is 3.62. The molecule has 1 rings (SSSR count). The zero-order valence-corrected chi connectivity index (χ0v) is 9.22. The minimum atomic E-state index is -4.75. The van der Waals surface area contributed by atoms with Gasteiger partial charge in [0.1, 0.15) is 5.82 Å². The normalized spacial score (nSPS) is 11.3. The summed E-state index contributed by atoms with van der Waals surface area (Å²) in [6, 6.07) is 2.56. The molecule has 0 bridgehead atoms. The van der Waals surface area contributed by atoms with Crippen molar-refractivity contribution in [2.24, 2.45) is 0 Å². The monoisotopic (exact) mass is 265 g/mol. The molecule has 0 atom stereocenters. The van der Waals surface area contributed by atoms with E-state index in [1.165, 1.54) is 6.07 Å². The van der Waals surface area contributed by atoms with Gasteiger partial charge >= 0.3 is 12.1 Å². The molecule has 3 nitrogen and oxygen atoms in total. The number of carbonyl (C=O) groups is 1. The summed E-state index contributed by atoms with van der Waals surface area (Å²) < 4.78 is 50.1. The van der Waals surface area contributed by atoms with Gasteiger partial charge in [0.05, 0.1) is 5.56 Å². The first kappa shape index (κ1) is 14.3. The predicted octanol–water partition coefficient (Wildman–Crippen LogP) is 3.12. The molecule has 0 amide bonds. The van der Waals surface area contributed by atoms with Gasteiger partial charge in [0, 0.05) is 18.7 Å². The van der Waals surface area contributed by atoms with Crippen molar-refractivity contribution in [3.63, 3.8) is 0 Å². The van der Waals surface area contributed by atoms with E-state index in [2.05, 4.69) is 5.32 Å². The van der Waals surface area contributed by atoms with E-state index in [4.69, 9.17) is 5.11 Å². The second-order valence-corrected chi connectivity index (χ2v) is 3.62. The number of hydrogen-bond acceptors (Lipinski definition) is 2. The van der Waals surface area contributed by atoms with Crippen LogP contribution in [0.25, 0.3) is 0 Å². The van der Waals surface area contributed by atoms with E-state index in [1.807, 2.05) is 0 Å². The zero-order valence-electron chi connectivity index (χ0n) is 9.22. The van der Waals surface area contributed by atoms with Crippen LogP contribution in [0.5, 0.6) is 0 Å². The van der Waals surface area contributed by atoms with Crippen LogP contribution in [0, 0.1) is 5.82 Å². The molecule has 7 heteroatoms. The summed E-state index contributed by atoms with van der Waals surface area (Å²) in [5, 5.41) is 11.0. The molecule has 0 unspecified atom stereocenters. The third kappa shape index (κ3) is 4.23. The van der Waals surface area contributed by atoms with Crippen LogP contribution in [0.3, 0.4) is 0 Å². The zero-order chi connectivity index (χ0) is 13.8. The van der Waals surface area contributed by atoms with Crippen LogP contribution < -0.4 is 5.32 Å². The van der Waals surface area contributed by atoms with Crippen molar-refractivity contribution in [2.75, 3.05) is 11.9 Å². The van der Waals surface area contributed by atoms with E-state index in [0.717, 1.165) is 6.07 Å². The standard InChI is InChI=1S/C11H11F4NO2/c12-9-4-3-7(6-8(9)11(13,14)15)16-5-1-2-10(17)18/h3-4,6,16H,1-2,5H2,(H,17,18). The van der Waals surface area contributed by atoms with Crippen LogP contribution in [-0.2, 0) is 11.0 Å². The lowest BCUT2D eigenvalue weighted by Crippen LogP contribution is -2.10. The van der Waals surface area contributed by atoms with Gasteiger partial charge in [-0.15, -0.1) is 0 Å². The number of carboxylic acid groups (broad SMARTS) is 1. The van der Waals surface area contributed by atoms with Gasteiger partial charge in [0.2, 0.25) is 0 Å². The molecule has 0 aliphatic heterocycles. The molecular formula is C11H11F4NO2. The van der Waals surface area contributed by atoms with Crippen molar-refractivity contribution in [2.45, 2.75) is 19.0 Å². The van der Waals surface area contributed by atoms with Crippen LogP contribution in [-0.4, -0.2) is 17.6 Å². The van der Waals surface area contributed by atoms with Crippen LogP contribution in [0.1, 0.15) is 18.4 Å². The number of anilines is 1. The molecular weight excluding hydrogens is 254 g/mol. The van der Waals surface area contributed by atoms with Gasteiger partial charge < -0.3 is 10.4 Å². The summed E-state index contributed by atoms with van der Waals surface area (Å²) in [6.07, 6.45) is -4.56. The van der Waals surface area contributed by atoms with Gasteiger partial charge in [0.25, 0.3) is 0 Å². The maximum atomic E-state index is 12.9. The van der Waals surface area contributed by atoms with Crippen molar-refractivity contribution in [1.82, 2.24) is 0 Å². The Balaban J connectivity index is 2.65. The summed E-state index contributed by atoms with van der Waals surface area (Å²) in [6.45, 7) is 0.204. The highest BCUT2D eigenvalue weighted by atomic mass is 19.4. The fourth-order valence-electron chi connectivity index (χ4n) is 1.32. The van der Waals surface area contributed by atoms with Gasteiger partial charge in [-0.05, 0) is 24.6 Å². The summed E-state index contributed by atoms with van der Waals surface area (Å²) >= 11 is 0. The Labute approximate surface area is 100 Å². The van der Waals surface area contributed by atoms with Crippen LogP contribution in [0.4, 0.5) is 23.2 Å². The molecule has 0 aliphatic rings. The summed E-state index contributed by atoms with van der Waals surface area (Å²) in [5.74, 6) is -2.31. The third-order valence-corrected chi connectivity index (χ3v) is 2.17. The van der Waals surface area contributed by atoms with Gasteiger partial charge in [-0.3, -0.25) is 4.79 Å². The quantitative estimate of drug-likeness (QED) is 0.635. The highest BCUT2D eigenvalue weighted by Crippen LogP contribution is 2.32. The smallest absolute Gasteiger partial charge is 0.419 e. The Hall–Kier alpha value is -1.79. The highest BCUT2D eigenvalue weighted by molar-refractivity contribution is 5.66. The lowest BCUT2D eigenvalue weighted by molar-refractivity contribution is -0.140. The van der Waals surface area contributed by atoms with E-state index in [9.17, 15) is 22.4 Å². The minimum Gasteiger partial charge on any atom is -0.481 e. The molecule has 0 spiro atoms. The molecule has 0 saturated carbocycles. The predicted molar refractivity (Wildman–Crippen MR) is 56.8 cm³/mol. The van der Waals surface area contributed by atoms with E-state index in [-0.39, 0.29) is 25.1 Å². The SMILES string of the molecule is O=C(O)CCCNc1ccc(F)c(C(F)(F)F)c1. The van der Waals surface area contributed by atoms with Crippen LogP contribution in [0.15, 0.2) is 18.2 Å². The van der Waals surface area contributed by atoms with Crippen molar-refractivity contribution >= 4 is 11.7 Å². The van der Waals surface area contributed by atoms with Crippen molar-refractivity contribution in [1.29, 1.82) is 0 Å². The van der Waals surface area contributed by atoms with E-state index >= 15 is 0 Å². The molecule has 0 aromatic heterocycles. The number of alkyl halides is 3. The highest BCUT2D eigenvalue weighted by Gasteiger charge is 2.34. The van der Waals surface area contributed by atoms with Crippen molar-refractivity contribution in [3.05, 3.63) is 29.6 Å². The minimum absolute atomic E-state index is 0.0830. The maximum Gasteiger partial charge on any atom is 0.419 e. The number of aliphatic carboxylic acids is 1. The summed E-state index contributed by atoms with van der Waals surface area (Å²) in [4.78, 5) is 10.2. The Morgan fingerprint density at radius 3 is 2.56 bits per heavy atom. The molecule has 0 heterocycles. The molecule has 2 N–H and O–H groups in total. The molecule has 0 aliphatic carbocycles. The first-order chi connectivity index (χ1) is 8.30. The molecule has 0 saturated heterocycles. The second kappa shape index (κ2) is 5.70. The van der Waals surface area contributed by atoms with Gasteiger partial charge in [0.15, 0.2) is 0 Å². The van der Waals surface area contributed by atoms with E-state index in [0.29, 0.717) is 6.07 Å². The number of nitrogens with one attached hydrogen (secondary N) is 1. The fraction of sp³-hybridized carbons (Fsp3) is 0.364. The number of halogens is 4. The molecule has 1 aromatic rings. The third-order valence-electron chi connectivity index (χ3n) is 2.17. The average molecular weight is 265 g/mol. The number of rotatable bonds is 5. The van der Waals surface area contributed by atoms with Gasteiger partial charge in [-0.2, -0.15) is 13.2 Å². The topological polar surface area (TPSA) is 49.3 Å². The molecule has 1 aromatic carbocycles. The first-order valence-electron chi connectivity index (χ1n) is 5.13. The molecule has 0 radical (unpaired) electrons. The average Bonchev–Trinajstić information content (AvgIpc) is 2.24. The number of carboxylic acids is 1. The molecule has 100 valence electrons. The number of benzene rings is 1. The van der Waals surface area contributed by atoms with Crippen LogP contribution >= 0.6 is 0 Å². The van der Waals surface area contributed by atoms with E-state index in [1.54, 1.807) is 0 Å². The lowest BCUT2D eigenvalue weighted by Gasteiger charge is -2.11. The Bertz CT molecular complexity index is 432. The Kier molecular flexibility index (Phi) is 4.52. The van der Waals surface area contributed by atoms with Crippen LogP contribution in [0.2, 0.25) is 0 Å².